The Bertz CT molecular complexity index is 978. The molecule has 0 fully saturated rings. The van der Waals surface area contributed by atoms with E-state index in [4.69, 9.17) is 11.6 Å². The smallest absolute Gasteiger partial charge is 0.252 e. The molecule has 0 aliphatic carbocycles. The first kappa shape index (κ1) is 21.0. The number of hydrogen-bond acceptors (Lipinski definition) is 5. The molecule has 1 aromatic heterocycles. The number of nitrogens with zero attached hydrogens (tertiary/aromatic N) is 2. The van der Waals surface area contributed by atoms with Gasteiger partial charge in [-0.1, -0.05) is 72.3 Å². The predicted octanol–water partition coefficient (Wildman–Crippen LogP) is 4.30. The van der Waals surface area contributed by atoms with Crippen molar-refractivity contribution in [1.29, 1.82) is 0 Å². The number of amides is 2. The zero-order valence-corrected chi connectivity index (χ0v) is 17.5. The summed E-state index contributed by atoms with van der Waals surface area (Å²) < 4.78 is 0. The van der Waals surface area contributed by atoms with Crippen molar-refractivity contribution in [3.05, 3.63) is 75.8 Å². The predicted molar refractivity (Wildman–Crippen MR) is 116 cm³/mol. The van der Waals surface area contributed by atoms with Crippen molar-refractivity contribution in [3.63, 3.8) is 0 Å². The van der Waals surface area contributed by atoms with Crippen molar-refractivity contribution in [2.45, 2.75) is 25.7 Å². The van der Waals surface area contributed by atoms with Crippen LogP contribution in [0.15, 0.2) is 54.6 Å². The second-order valence-corrected chi connectivity index (χ2v) is 7.82. The van der Waals surface area contributed by atoms with Gasteiger partial charge < -0.3 is 5.32 Å². The van der Waals surface area contributed by atoms with E-state index in [-0.39, 0.29) is 17.7 Å². The zero-order chi connectivity index (χ0) is 20.6. The molecule has 3 rings (SSSR count). The highest BCUT2D eigenvalue weighted by atomic mass is 35.5. The number of carbonyl (C=O) groups excluding carboxylic acids is 2. The Morgan fingerprint density at radius 1 is 1.07 bits per heavy atom. The fourth-order valence-corrected chi connectivity index (χ4v) is 3.84. The first-order valence-corrected chi connectivity index (χ1v) is 10.5. The Morgan fingerprint density at radius 2 is 1.79 bits per heavy atom. The molecular weight excluding hydrogens is 408 g/mol. The van der Waals surface area contributed by atoms with Gasteiger partial charge in [0.2, 0.25) is 11.0 Å². The lowest BCUT2D eigenvalue weighted by Gasteiger charge is -2.13. The molecule has 1 atom stereocenters. The highest BCUT2D eigenvalue weighted by molar-refractivity contribution is 7.15. The molecule has 6 nitrogen and oxygen atoms in total. The molecule has 2 N–H and O–H groups in total. The molecule has 0 spiro atoms. The summed E-state index contributed by atoms with van der Waals surface area (Å²) in [5, 5.41) is 15.4. The number of carbonyl (C=O) groups is 2. The van der Waals surface area contributed by atoms with Crippen LogP contribution in [-0.4, -0.2) is 28.6 Å². The number of aromatic nitrogens is 2. The largest absolute Gasteiger partial charge is 0.352 e. The average molecular weight is 429 g/mol. The molecule has 2 amide bonds. The second-order valence-electron chi connectivity index (χ2n) is 6.35. The molecule has 0 radical (unpaired) electrons. The third-order valence-corrected chi connectivity index (χ3v) is 5.59. The minimum Gasteiger partial charge on any atom is -0.352 e. The average Bonchev–Trinajstić information content (AvgIpc) is 3.16. The molecular formula is C21H21ClN4O2S. The van der Waals surface area contributed by atoms with Crippen molar-refractivity contribution < 1.29 is 9.59 Å². The summed E-state index contributed by atoms with van der Waals surface area (Å²) in [5.41, 5.74) is 1.41. The number of anilines is 1. The van der Waals surface area contributed by atoms with E-state index in [9.17, 15) is 9.59 Å². The molecule has 29 heavy (non-hydrogen) atoms. The van der Waals surface area contributed by atoms with Crippen LogP contribution in [0.4, 0.5) is 5.13 Å². The molecule has 0 aliphatic rings. The van der Waals surface area contributed by atoms with Crippen molar-refractivity contribution in [3.8, 4) is 0 Å². The lowest BCUT2D eigenvalue weighted by atomic mass is 9.96. The number of nitrogens with one attached hydrogen (secondary N) is 2. The van der Waals surface area contributed by atoms with Gasteiger partial charge in [-0.05, 0) is 24.1 Å². The van der Waals surface area contributed by atoms with Crippen LogP contribution in [0.5, 0.6) is 0 Å². The molecule has 0 bridgehead atoms. The molecule has 0 saturated heterocycles. The van der Waals surface area contributed by atoms with E-state index in [1.54, 1.807) is 24.3 Å². The zero-order valence-electron chi connectivity index (χ0n) is 15.9. The van der Waals surface area contributed by atoms with Crippen LogP contribution < -0.4 is 10.6 Å². The number of hydrogen-bond donors (Lipinski definition) is 2. The van der Waals surface area contributed by atoms with Crippen LogP contribution in [0.25, 0.3) is 0 Å². The van der Waals surface area contributed by atoms with Crippen molar-refractivity contribution in [2.24, 2.45) is 0 Å². The number of benzene rings is 2. The molecule has 1 unspecified atom stereocenters. The molecule has 1 heterocycles. The van der Waals surface area contributed by atoms with Gasteiger partial charge in [0.1, 0.15) is 5.01 Å². The normalized spacial score (nSPS) is 11.7. The van der Waals surface area contributed by atoms with E-state index in [1.165, 1.54) is 11.3 Å². The van der Waals surface area contributed by atoms with E-state index >= 15 is 0 Å². The van der Waals surface area contributed by atoms with Crippen LogP contribution in [0.2, 0.25) is 5.02 Å². The summed E-state index contributed by atoms with van der Waals surface area (Å²) in [6.07, 6.45) is 1.20. The third-order valence-electron chi connectivity index (χ3n) is 4.37. The monoisotopic (exact) mass is 428 g/mol. The maximum absolute atomic E-state index is 12.6. The first-order valence-electron chi connectivity index (χ1n) is 9.29. The lowest BCUT2D eigenvalue weighted by molar-refractivity contribution is -0.117. The van der Waals surface area contributed by atoms with Crippen LogP contribution in [-0.2, 0) is 11.2 Å². The fraction of sp³-hybridized carbons (Fsp3) is 0.238. The Hall–Kier alpha value is -2.77. The molecule has 2 aromatic carbocycles. The van der Waals surface area contributed by atoms with Gasteiger partial charge in [0.05, 0.1) is 16.5 Å². The SMILES string of the molecule is CCC(C(=O)Nc1nnc(CCNC(=O)c2ccccc2Cl)s1)c1ccccc1. The van der Waals surface area contributed by atoms with Gasteiger partial charge >= 0.3 is 0 Å². The highest BCUT2D eigenvalue weighted by Crippen LogP contribution is 2.23. The quantitative estimate of drug-likeness (QED) is 0.560. The highest BCUT2D eigenvalue weighted by Gasteiger charge is 2.20. The Kier molecular flexibility index (Phi) is 7.32. The standard InChI is InChI=1S/C21H21ClN4O2S/c1-2-15(14-8-4-3-5-9-14)20(28)24-21-26-25-18(29-21)12-13-23-19(27)16-10-6-7-11-17(16)22/h3-11,15H,2,12-13H2,1H3,(H,23,27)(H,24,26,28). The summed E-state index contributed by atoms with van der Waals surface area (Å²) >= 11 is 7.33. The minimum atomic E-state index is -0.238. The van der Waals surface area contributed by atoms with Crippen LogP contribution >= 0.6 is 22.9 Å². The number of halogens is 1. The van der Waals surface area contributed by atoms with Gasteiger partial charge in [0.15, 0.2) is 0 Å². The second kappa shape index (κ2) is 10.1. The minimum absolute atomic E-state index is 0.103. The molecule has 150 valence electrons. The van der Waals surface area contributed by atoms with Gasteiger partial charge in [-0.25, -0.2) is 0 Å². The summed E-state index contributed by atoms with van der Waals surface area (Å²) in [6, 6.07) is 16.5. The summed E-state index contributed by atoms with van der Waals surface area (Å²) in [5.74, 6) is -0.575. The van der Waals surface area contributed by atoms with Crippen molar-refractivity contribution in [2.75, 3.05) is 11.9 Å². The van der Waals surface area contributed by atoms with Crippen LogP contribution in [0.1, 0.15) is 40.2 Å². The van der Waals surface area contributed by atoms with E-state index < -0.39 is 0 Å². The maximum Gasteiger partial charge on any atom is 0.252 e. The molecule has 8 heteroatoms. The first-order chi connectivity index (χ1) is 14.1. The Labute approximate surface area is 178 Å². The molecule has 3 aromatic rings. The van der Waals surface area contributed by atoms with Gasteiger partial charge in [-0.15, -0.1) is 10.2 Å². The summed E-state index contributed by atoms with van der Waals surface area (Å²) in [7, 11) is 0. The lowest BCUT2D eigenvalue weighted by Crippen LogP contribution is -2.25. The fourth-order valence-electron chi connectivity index (χ4n) is 2.88. The third kappa shape index (κ3) is 5.62. The van der Waals surface area contributed by atoms with Gasteiger partial charge in [0, 0.05) is 13.0 Å². The van der Waals surface area contributed by atoms with Crippen LogP contribution in [0, 0.1) is 0 Å². The van der Waals surface area contributed by atoms with E-state index in [1.807, 2.05) is 37.3 Å². The number of rotatable bonds is 8. The van der Waals surface area contributed by atoms with Gasteiger partial charge in [-0.2, -0.15) is 0 Å². The van der Waals surface area contributed by atoms with Gasteiger partial charge in [-0.3, -0.25) is 14.9 Å². The Balaban J connectivity index is 1.52. The topological polar surface area (TPSA) is 84.0 Å². The summed E-state index contributed by atoms with van der Waals surface area (Å²) in [4.78, 5) is 24.8. The molecule has 0 aliphatic heterocycles. The van der Waals surface area contributed by atoms with Crippen LogP contribution in [0.3, 0.4) is 0 Å². The van der Waals surface area contributed by atoms with E-state index in [0.717, 1.165) is 10.6 Å². The van der Waals surface area contributed by atoms with Crippen molar-refractivity contribution >= 4 is 39.9 Å². The summed E-state index contributed by atoms with van der Waals surface area (Å²) in [6.45, 7) is 2.37. The molecule has 0 saturated carbocycles. The van der Waals surface area contributed by atoms with Gasteiger partial charge in [0.25, 0.3) is 5.91 Å². The maximum atomic E-state index is 12.6. The van der Waals surface area contributed by atoms with E-state index in [0.29, 0.717) is 35.1 Å². The van der Waals surface area contributed by atoms with E-state index in [2.05, 4.69) is 20.8 Å². The Morgan fingerprint density at radius 3 is 2.52 bits per heavy atom. The van der Waals surface area contributed by atoms with Crippen molar-refractivity contribution in [1.82, 2.24) is 15.5 Å².